The predicted molar refractivity (Wildman–Crippen MR) is 145 cm³/mol. The first kappa shape index (κ1) is 30.0. The van der Waals surface area contributed by atoms with E-state index in [1.54, 1.807) is 19.2 Å². The standard InChI is InChI=1S/C24H22ClFN4O.C4H6O6/c1-27-23(31)22-7-6-21(28-29-22)15-2-4-18-16(12-15)14-30-10-8-24(18,9-11-30)17-3-5-20(26)19(25)13-17;5-1(3(7)8)2(6)4(9)10/h2-7,12-13H,8-11,14H2,1H3,(H,27,31);1-2,5-6H,(H,7,8)(H,9,10)/t;1-,2-/m.1/s1. The van der Waals surface area contributed by atoms with Gasteiger partial charge in [-0.15, -0.1) is 10.2 Å². The van der Waals surface area contributed by atoms with Crippen LogP contribution in [0.4, 0.5) is 4.39 Å². The van der Waals surface area contributed by atoms with E-state index in [-0.39, 0.29) is 27.9 Å². The van der Waals surface area contributed by atoms with E-state index >= 15 is 0 Å². The summed E-state index contributed by atoms with van der Waals surface area (Å²) in [5, 5.41) is 43.6. The van der Waals surface area contributed by atoms with Crippen LogP contribution in [0.25, 0.3) is 11.3 Å². The maximum absolute atomic E-state index is 13.8. The maximum atomic E-state index is 13.8. The van der Waals surface area contributed by atoms with Gasteiger partial charge in [0, 0.05) is 24.6 Å². The second-order valence-electron chi connectivity index (χ2n) is 9.81. The molecule has 1 aromatic heterocycles. The van der Waals surface area contributed by atoms with Crippen molar-refractivity contribution in [3.8, 4) is 11.3 Å². The van der Waals surface area contributed by atoms with Crippen molar-refractivity contribution in [1.82, 2.24) is 20.4 Å². The van der Waals surface area contributed by atoms with Crippen LogP contribution >= 0.6 is 11.6 Å². The van der Waals surface area contributed by atoms with Gasteiger partial charge < -0.3 is 25.7 Å². The van der Waals surface area contributed by atoms with Gasteiger partial charge >= 0.3 is 11.9 Å². The van der Waals surface area contributed by atoms with Gasteiger partial charge in [-0.25, -0.2) is 14.0 Å². The Morgan fingerprint density at radius 2 is 1.63 bits per heavy atom. The van der Waals surface area contributed by atoms with Gasteiger partial charge in [0.2, 0.25) is 0 Å². The van der Waals surface area contributed by atoms with E-state index in [4.69, 9.17) is 32.0 Å². The van der Waals surface area contributed by atoms with E-state index < -0.39 is 24.1 Å². The number of halogens is 2. The summed E-state index contributed by atoms with van der Waals surface area (Å²) in [6, 6.07) is 15.0. The summed E-state index contributed by atoms with van der Waals surface area (Å²) < 4.78 is 13.8. The lowest BCUT2D eigenvalue weighted by molar-refractivity contribution is -0.165. The number of nitrogens with one attached hydrogen (secondary N) is 1. The summed E-state index contributed by atoms with van der Waals surface area (Å²) in [5.74, 6) is -4.18. The zero-order valence-electron chi connectivity index (χ0n) is 21.9. The van der Waals surface area contributed by atoms with Crippen LogP contribution < -0.4 is 5.32 Å². The molecule has 1 amide bonds. The highest BCUT2D eigenvalue weighted by molar-refractivity contribution is 6.30. The Morgan fingerprint density at radius 3 is 2.17 bits per heavy atom. The van der Waals surface area contributed by atoms with Crippen molar-refractivity contribution in [3.05, 3.63) is 81.8 Å². The number of hydrogen-bond donors (Lipinski definition) is 5. The van der Waals surface area contributed by atoms with Gasteiger partial charge in [-0.3, -0.25) is 9.69 Å². The van der Waals surface area contributed by atoms with E-state index in [1.165, 1.54) is 17.2 Å². The Labute approximate surface area is 239 Å². The van der Waals surface area contributed by atoms with Gasteiger partial charge in [0.1, 0.15) is 5.82 Å². The van der Waals surface area contributed by atoms with Crippen LogP contribution in [0.1, 0.15) is 40.0 Å². The predicted octanol–water partition coefficient (Wildman–Crippen LogP) is 2.07. The van der Waals surface area contributed by atoms with E-state index in [1.807, 2.05) is 12.1 Å². The summed E-state index contributed by atoms with van der Waals surface area (Å²) in [7, 11) is 1.57. The second kappa shape index (κ2) is 12.3. The number of carbonyl (C=O) groups excluding carboxylic acids is 1. The molecule has 3 aliphatic rings. The Bertz CT molecular complexity index is 1440. The SMILES string of the molecule is CNC(=O)c1ccc(-c2ccc3c(c2)CN2CCC3(c3ccc(F)c(Cl)c3)CC2)nn1.O=C(O)[C@H](O)[C@@H](O)C(=O)O. The number of aliphatic carboxylic acids is 2. The van der Waals surface area contributed by atoms with Crippen LogP contribution in [0.3, 0.4) is 0 Å². The van der Waals surface area contributed by atoms with Crippen LogP contribution in [-0.2, 0) is 21.5 Å². The minimum atomic E-state index is -2.27. The Morgan fingerprint density at radius 1 is 0.976 bits per heavy atom. The molecule has 1 saturated heterocycles. The van der Waals surface area contributed by atoms with Crippen molar-refractivity contribution >= 4 is 29.4 Å². The molecule has 4 heterocycles. The summed E-state index contributed by atoms with van der Waals surface area (Å²) >= 11 is 6.15. The number of amides is 1. The number of aliphatic hydroxyl groups is 2. The first-order valence-corrected chi connectivity index (χ1v) is 13.0. The van der Waals surface area contributed by atoms with Crippen molar-refractivity contribution in [3.63, 3.8) is 0 Å². The van der Waals surface area contributed by atoms with Gasteiger partial charge in [0.25, 0.3) is 5.91 Å². The largest absolute Gasteiger partial charge is 0.479 e. The molecule has 0 unspecified atom stereocenters. The normalized spacial score (nSPS) is 20.5. The first-order valence-electron chi connectivity index (χ1n) is 12.7. The monoisotopic (exact) mass is 586 g/mol. The first-order chi connectivity index (χ1) is 19.5. The van der Waals surface area contributed by atoms with Crippen molar-refractivity contribution in [2.45, 2.75) is 37.0 Å². The molecule has 2 atom stereocenters. The molecule has 5 N–H and O–H groups in total. The molecule has 3 aliphatic heterocycles. The molecule has 6 rings (SSSR count). The van der Waals surface area contributed by atoms with Gasteiger partial charge in [-0.1, -0.05) is 29.8 Å². The number of rotatable bonds is 6. The van der Waals surface area contributed by atoms with Crippen molar-refractivity contribution in [2.75, 3.05) is 20.1 Å². The minimum Gasteiger partial charge on any atom is -0.479 e. The zero-order chi connectivity index (χ0) is 29.9. The molecule has 11 nitrogen and oxygen atoms in total. The quantitative estimate of drug-likeness (QED) is 0.288. The lowest BCUT2D eigenvalue weighted by atomic mass is 9.68. The number of benzene rings is 2. The third-order valence-corrected chi connectivity index (χ3v) is 7.71. The van der Waals surface area contributed by atoms with Gasteiger partial charge in [0.15, 0.2) is 17.9 Å². The van der Waals surface area contributed by atoms with Gasteiger partial charge in [-0.2, -0.15) is 0 Å². The lowest BCUT2D eigenvalue weighted by Gasteiger charge is -2.39. The summed E-state index contributed by atoms with van der Waals surface area (Å²) in [5.41, 5.74) is 5.39. The molecule has 41 heavy (non-hydrogen) atoms. The Balaban J connectivity index is 0.000000334. The maximum Gasteiger partial charge on any atom is 0.335 e. The van der Waals surface area contributed by atoms with Crippen LogP contribution in [0.5, 0.6) is 0 Å². The Hall–Kier alpha value is -3.97. The van der Waals surface area contributed by atoms with Crippen LogP contribution in [-0.4, -0.2) is 85.7 Å². The van der Waals surface area contributed by atoms with Gasteiger partial charge in [-0.05, 0) is 73.0 Å². The number of nitrogens with zero attached hydrogens (tertiary/aromatic N) is 3. The van der Waals surface area contributed by atoms with Crippen LogP contribution in [0, 0.1) is 5.82 Å². The fraction of sp³-hybridized carbons (Fsp3) is 0.321. The third kappa shape index (κ3) is 6.20. The number of carboxylic acids is 2. The average Bonchev–Trinajstić information content (AvgIpc) is 3.24. The number of hydrogen-bond acceptors (Lipinski definition) is 8. The molecule has 216 valence electrons. The summed E-state index contributed by atoms with van der Waals surface area (Å²) in [6.07, 6.45) is -2.58. The number of fused-ring (bicyclic) bond motifs is 2. The van der Waals surface area contributed by atoms with Crippen molar-refractivity contribution < 1.29 is 39.2 Å². The molecule has 2 aromatic carbocycles. The van der Waals surface area contributed by atoms with Crippen LogP contribution in [0.2, 0.25) is 5.02 Å². The molecule has 0 spiro atoms. The summed E-state index contributed by atoms with van der Waals surface area (Å²) in [6.45, 7) is 2.84. The number of piperidine rings is 1. The van der Waals surface area contributed by atoms with Crippen molar-refractivity contribution in [1.29, 1.82) is 0 Å². The highest BCUT2D eigenvalue weighted by Gasteiger charge is 2.42. The van der Waals surface area contributed by atoms with E-state index in [0.29, 0.717) is 0 Å². The van der Waals surface area contributed by atoms with E-state index in [0.717, 1.165) is 49.3 Å². The Kier molecular flexibility index (Phi) is 8.98. The highest BCUT2D eigenvalue weighted by atomic mass is 35.5. The molecular formula is C28H28ClFN4O7. The minimum absolute atomic E-state index is 0.170. The second-order valence-corrected chi connectivity index (χ2v) is 10.2. The molecule has 0 radical (unpaired) electrons. The molecule has 0 aliphatic carbocycles. The van der Waals surface area contributed by atoms with Gasteiger partial charge in [0.05, 0.1) is 10.7 Å². The van der Waals surface area contributed by atoms with E-state index in [2.05, 4.69) is 38.6 Å². The third-order valence-electron chi connectivity index (χ3n) is 7.42. The van der Waals surface area contributed by atoms with Crippen LogP contribution in [0.15, 0.2) is 48.5 Å². The molecule has 1 fully saturated rings. The number of carboxylic acid groups (broad SMARTS) is 2. The topological polar surface area (TPSA) is 173 Å². The number of aliphatic hydroxyl groups excluding tert-OH is 2. The molecule has 13 heteroatoms. The molecule has 3 aromatic rings. The fourth-order valence-electron chi connectivity index (χ4n) is 5.20. The smallest absolute Gasteiger partial charge is 0.335 e. The van der Waals surface area contributed by atoms with E-state index in [9.17, 15) is 18.8 Å². The molecule has 0 saturated carbocycles. The zero-order valence-corrected chi connectivity index (χ0v) is 22.7. The lowest BCUT2D eigenvalue weighted by Crippen LogP contribution is -2.39. The number of aromatic nitrogens is 2. The average molecular weight is 587 g/mol. The molecular weight excluding hydrogens is 559 g/mol. The summed E-state index contributed by atoms with van der Waals surface area (Å²) in [4.78, 5) is 33.7. The molecule has 2 bridgehead atoms. The van der Waals surface area contributed by atoms with Crippen molar-refractivity contribution in [2.24, 2.45) is 0 Å². The number of carbonyl (C=O) groups is 3. The highest BCUT2D eigenvalue weighted by Crippen LogP contribution is 2.47. The fourth-order valence-corrected chi connectivity index (χ4v) is 5.38.